The van der Waals surface area contributed by atoms with Crippen LogP contribution in [0.1, 0.15) is 24.5 Å². The lowest BCUT2D eigenvalue weighted by molar-refractivity contribution is 0.183. The van der Waals surface area contributed by atoms with E-state index >= 15 is 0 Å². The van der Waals surface area contributed by atoms with Crippen molar-refractivity contribution in [3.63, 3.8) is 0 Å². The second kappa shape index (κ2) is 6.59. The average Bonchev–Trinajstić information content (AvgIpc) is 3.33. The molecule has 0 amide bonds. The van der Waals surface area contributed by atoms with E-state index in [-0.39, 0.29) is 0 Å². The van der Waals surface area contributed by atoms with Crippen molar-refractivity contribution >= 4 is 5.65 Å². The molecular formula is C20H20N6O. The van der Waals surface area contributed by atoms with Crippen LogP contribution < -0.4 is 0 Å². The fourth-order valence-corrected chi connectivity index (χ4v) is 3.43. The Hall–Kier alpha value is -3.06. The van der Waals surface area contributed by atoms with Crippen molar-refractivity contribution in [1.82, 2.24) is 29.1 Å². The Balaban J connectivity index is 1.67. The van der Waals surface area contributed by atoms with Crippen LogP contribution >= 0.6 is 0 Å². The molecule has 0 aromatic carbocycles. The van der Waals surface area contributed by atoms with Gasteiger partial charge >= 0.3 is 0 Å². The molecule has 0 aliphatic heterocycles. The fourth-order valence-electron chi connectivity index (χ4n) is 3.43. The maximum absolute atomic E-state index is 5.16. The topological polar surface area (TPSA) is 70.1 Å². The number of aromatic nitrogens is 6. The quantitative estimate of drug-likeness (QED) is 0.528. The number of methoxy groups -OCH3 is 1. The molecule has 7 heteroatoms. The summed E-state index contributed by atoms with van der Waals surface area (Å²) < 4.78 is 9.22. The van der Waals surface area contributed by atoms with E-state index in [1.807, 2.05) is 35.4 Å². The molecule has 1 saturated carbocycles. The van der Waals surface area contributed by atoms with Crippen LogP contribution in [0.25, 0.3) is 28.2 Å². The van der Waals surface area contributed by atoms with Crippen molar-refractivity contribution in [2.75, 3.05) is 13.7 Å². The van der Waals surface area contributed by atoms with Crippen LogP contribution in [0, 0.1) is 0 Å². The number of pyridine rings is 1. The molecule has 4 heterocycles. The van der Waals surface area contributed by atoms with Crippen LogP contribution in [0.3, 0.4) is 0 Å². The van der Waals surface area contributed by atoms with Gasteiger partial charge in [0.25, 0.3) is 0 Å². The zero-order chi connectivity index (χ0) is 18.2. The predicted molar refractivity (Wildman–Crippen MR) is 101 cm³/mol. The minimum absolute atomic E-state index is 0.521. The van der Waals surface area contributed by atoms with Crippen LogP contribution in [-0.4, -0.2) is 42.8 Å². The van der Waals surface area contributed by atoms with Crippen LogP contribution in [0.4, 0.5) is 0 Å². The molecule has 0 atom stereocenters. The lowest BCUT2D eigenvalue weighted by atomic mass is 10.1. The van der Waals surface area contributed by atoms with Gasteiger partial charge in [-0.15, -0.1) is 0 Å². The van der Waals surface area contributed by atoms with E-state index in [0.29, 0.717) is 12.5 Å². The van der Waals surface area contributed by atoms with Gasteiger partial charge in [-0.2, -0.15) is 5.10 Å². The number of nitrogens with zero attached hydrogens (tertiary/aromatic N) is 6. The first-order valence-corrected chi connectivity index (χ1v) is 9.14. The van der Waals surface area contributed by atoms with Crippen LogP contribution in [0.5, 0.6) is 0 Å². The van der Waals surface area contributed by atoms with E-state index in [1.54, 1.807) is 19.5 Å². The minimum atomic E-state index is 0.521. The van der Waals surface area contributed by atoms with Crippen molar-refractivity contribution in [2.45, 2.75) is 25.3 Å². The number of fused-ring (bicyclic) bond motifs is 1. The van der Waals surface area contributed by atoms with Crippen molar-refractivity contribution in [3.05, 3.63) is 55.0 Å². The van der Waals surface area contributed by atoms with Gasteiger partial charge in [0.05, 0.1) is 30.7 Å². The highest BCUT2D eigenvalue weighted by molar-refractivity contribution is 5.78. The molecule has 0 radical (unpaired) electrons. The molecule has 0 unspecified atom stereocenters. The second-order valence-corrected chi connectivity index (χ2v) is 6.81. The molecule has 0 spiro atoms. The smallest absolute Gasteiger partial charge is 0.164 e. The molecule has 1 aliphatic rings. The fraction of sp³-hybridized carbons (Fsp3) is 0.300. The molecule has 4 aromatic heterocycles. The first-order chi connectivity index (χ1) is 13.3. The number of imidazole rings is 1. The summed E-state index contributed by atoms with van der Waals surface area (Å²) in [6.07, 6.45) is 13.7. The third kappa shape index (κ3) is 2.90. The van der Waals surface area contributed by atoms with Crippen LogP contribution in [-0.2, 0) is 11.3 Å². The zero-order valence-electron chi connectivity index (χ0n) is 15.1. The van der Waals surface area contributed by atoms with Crippen molar-refractivity contribution in [3.8, 4) is 22.5 Å². The summed E-state index contributed by atoms with van der Waals surface area (Å²) in [6, 6.07) is 3.94. The van der Waals surface area contributed by atoms with E-state index in [9.17, 15) is 0 Å². The Labute approximate surface area is 156 Å². The van der Waals surface area contributed by atoms with Gasteiger partial charge in [-0.1, -0.05) is 0 Å². The summed E-state index contributed by atoms with van der Waals surface area (Å²) >= 11 is 0. The predicted octanol–water partition coefficient (Wildman–Crippen LogP) is 3.18. The highest BCUT2D eigenvalue weighted by atomic mass is 16.5. The molecule has 27 heavy (non-hydrogen) atoms. The largest absolute Gasteiger partial charge is 0.383 e. The Kier molecular flexibility index (Phi) is 3.94. The summed E-state index contributed by atoms with van der Waals surface area (Å²) in [5, 5.41) is 4.49. The van der Waals surface area contributed by atoms with Crippen LogP contribution in [0.2, 0.25) is 0 Å². The maximum atomic E-state index is 5.16. The molecule has 5 rings (SSSR count). The summed E-state index contributed by atoms with van der Waals surface area (Å²) in [7, 11) is 1.70. The monoisotopic (exact) mass is 360 g/mol. The molecule has 1 aliphatic carbocycles. The molecular weight excluding hydrogens is 340 g/mol. The Bertz CT molecular complexity index is 1080. The summed E-state index contributed by atoms with van der Waals surface area (Å²) in [6.45, 7) is 1.37. The van der Waals surface area contributed by atoms with E-state index in [4.69, 9.17) is 9.72 Å². The molecule has 1 fully saturated rings. The Morgan fingerprint density at radius 1 is 1.15 bits per heavy atom. The number of rotatable bonds is 6. The van der Waals surface area contributed by atoms with Gasteiger partial charge in [0.2, 0.25) is 0 Å². The van der Waals surface area contributed by atoms with E-state index in [1.165, 1.54) is 12.8 Å². The highest BCUT2D eigenvalue weighted by Crippen LogP contribution is 2.44. The SMILES string of the molecule is COCCn1cc(-c2c(C3CC3)nc3c(-c4ccncc4)nccn23)cn1. The van der Waals surface area contributed by atoms with E-state index in [0.717, 1.165) is 40.4 Å². The third-order valence-electron chi connectivity index (χ3n) is 4.92. The van der Waals surface area contributed by atoms with Crippen molar-refractivity contribution < 1.29 is 4.74 Å². The molecule has 136 valence electrons. The standard InChI is InChI=1S/C20H20N6O/c1-27-11-10-25-13-16(12-23-25)19-17(14-2-3-14)24-20-18(22-8-9-26(19)20)15-4-6-21-7-5-15/h4-9,12-14H,2-3,10-11H2,1H3. The van der Waals surface area contributed by atoms with Gasteiger partial charge in [0, 0.05) is 55.1 Å². The number of ether oxygens (including phenoxy) is 1. The summed E-state index contributed by atoms with van der Waals surface area (Å²) in [4.78, 5) is 13.7. The second-order valence-electron chi connectivity index (χ2n) is 6.81. The van der Waals surface area contributed by atoms with Crippen molar-refractivity contribution in [2.24, 2.45) is 0 Å². The highest BCUT2D eigenvalue weighted by Gasteiger charge is 2.31. The zero-order valence-corrected chi connectivity index (χ0v) is 15.1. The average molecular weight is 360 g/mol. The van der Waals surface area contributed by atoms with Gasteiger partial charge in [-0.3, -0.25) is 19.1 Å². The molecule has 0 saturated heterocycles. The van der Waals surface area contributed by atoms with Gasteiger partial charge in [-0.25, -0.2) is 4.98 Å². The first-order valence-electron chi connectivity index (χ1n) is 9.14. The number of hydrogen-bond acceptors (Lipinski definition) is 5. The third-order valence-corrected chi connectivity index (χ3v) is 4.92. The molecule has 4 aromatic rings. The van der Waals surface area contributed by atoms with E-state index < -0.39 is 0 Å². The first kappa shape index (κ1) is 16.1. The van der Waals surface area contributed by atoms with Crippen molar-refractivity contribution in [1.29, 1.82) is 0 Å². The minimum Gasteiger partial charge on any atom is -0.383 e. The van der Waals surface area contributed by atoms with Gasteiger partial charge in [-0.05, 0) is 25.0 Å². The normalized spacial score (nSPS) is 14.1. The van der Waals surface area contributed by atoms with Gasteiger partial charge in [0.1, 0.15) is 5.69 Å². The van der Waals surface area contributed by atoms with Gasteiger partial charge in [0.15, 0.2) is 5.65 Å². The summed E-state index contributed by atoms with van der Waals surface area (Å²) in [5.74, 6) is 0.521. The van der Waals surface area contributed by atoms with Gasteiger partial charge < -0.3 is 4.74 Å². The molecule has 0 bridgehead atoms. The summed E-state index contributed by atoms with van der Waals surface area (Å²) in [5.41, 5.74) is 6.11. The lowest BCUT2D eigenvalue weighted by Crippen LogP contribution is -2.03. The van der Waals surface area contributed by atoms with E-state index in [2.05, 4.69) is 25.7 Å². The molecule has 0 N–H and O–H groups in total. The van der Waals surface area contributed by atoms with Crippen LogP contribution in [0.15, 0.2) is 49.3 Å². The Morgan fingerprint density at radius 2 is 2.00 bits per heavy atom. The number of hydrogen-bond donors (Lipinski definition) is 0. The Morgan fingerprint density at radius 3 is 2.78 bits per heavy atom. The molecule has 7 nitrogen and oxygen atoms in total. The lowest BCUT2D eigenvalue weighted by Gasteiger charge is -2.04. The maximum Gasteiger partial charge on any atom is 0.164 e.